The first kappa shape index (κ1) is 29.3. The monoisotopic (exact) mass is 589 g/mol. The highest BCUT2D eigenvalue weighted by Gasteiger charge is 2.41. The van der Waals surface area contributed by atoms with Crippen LogP contribution in [-0.2, 0) is 19.4 Å². The third-order valence-electron chi connectivity index (χ3n) is 6.95. The predicted molar refractivity (Wildman–Crippen MR) is 147 cm³/mol. The van der Waals surface area contributed by atoms with E-state index in [1.807, 2.05) is 27.9 Å². The molecule has 0 saturated carbocycles. The van der Waals surface area contributed by atoms with Crippen molar-refractivity contribution in [3.63, 3.8) is 0 Å². The Labute approximate surface area is 233 Å². The minimum Gasteiger partial charge on any atom is -0.361 e. The van der Waals surface area contributed by atoms with Gasteiger partial charge in [-0.3, -0.25) is 9.59 Å². The summed E-state index contributed by atoms with van der Waals surface area (Å²) in [5.74, 6) is -0.816. The molecule has 3 aliphatic rings. The Morgan fingerprint density at radius 2 is 1.73 bits per heavy atom. The third kappa shape index (κ3) is 5.78. The summed E-state index contributed by atoms with van der Waals surface area (Å²) in [6, 6.07) is 8.92. The first-order valence-electron chi connectivity index (χ1n) is 11.6. The number of rotatable bonds is 5. The Bertz CT molecular complexity index is 1330. The minimum absolute atomic E-state index is 0. The summed E-state index contributed by atoms with van der Waals surface area (Å²) >= 11 is 6.00. The number of amides is 2. The zero-order valence-corrected chi connectivity index (χ0v) is 23.5. The van der Waals surface area contributed by atoms with Gasteiger partial charge in [0.15, 0.2) is 9.84 Å². The van der Waals surface area contributed by atoms with Crippen LogP contribution < -0.4 is 5.73 Å². The van der Waals surface area contributed by atoms with E-state index < -0.39 is 21.6 Å². The van der Waals surface area contributed by atoms with E-state index in [-0.39, 0.29) is 47.6 Å². The second kappa shape index (κ2) is 11.2. The van der Waals surface area contributed by atoms with E-state index >= 15 is 0 Å². The topological polar surface area (TPSA) is 107 Å². The van der Waals surface area contributed by atoms with Crippen LogP contribution in [0.3, 0.4) is 0 Å². The molecule has 37 heavy (non-hydrogen) atoms. The predicted octanol–water partition coefficient (Wildman–Crippen LogP) is 2.27. The summed E-state index contributed by atoms with van der Waals surface area (Å²) in [5, 5.41) is 2.15. The molecular weight excluding hydrogens is 561 g/mol. The van der Waals surface area contributed by atoms with Gasteiger partial charge >= 0.3 is 0 Å². The SMILES string of the molecule is CN1C=C2C(=O)N(C3CCN(C(=O)[C@H](N)CS(=O)(=O)c4ccc5cc(Cl)ccc5c4)CC3)CN2C1.Cl.Cl. The quantitative estimate of drug-likeness (QED) is 0.569. The van der Waals surface area contributed by atoms with Gasteiger partial charge in [-0.15, -0.1) is 24.8 Å². The highest BCUT2D eigenvalue weighted by molar-refractivity contribution is 7.91. The molecule has 2 fully saturated rings. The molecule has 0 unspecified atom stereocenters. The fraction of sp³-hybridized carbons (Fsp3) is 0.417. The number of carbonyl (C=O) groups is 2. The molecule has 3 aliphatic heterocycles. The van der Waals surface area contributed by atoms with E-state index in [1.165, 1.54) is 6.07 Å². The number of hydrogen-bond acceptors (Lipinski definition) is 7. The average Bonchev–Trinajstić information content (AvgIpc) is 3.34. The van der Waals surface area contributed by atoms with Crippen LogP contribution in [0.15, 0.2) is 53.2 Å². The van der Waals surface area contributed by atoms with Crippen molar-refractivity contribution >= 4 is 68.8 Å². The van der Waals surface area contributed by atoms with Crippen LogP contribution in [-0.4, -0.2) is 91.1 Å². The lowest BCUT2D eigenvalue weighted by Crippen LogP contribution is -2.53. The van der Waals surface area contributed by atoms with Gasteiger partial charge in [-0.2, -0.15) is 0 Å². The maximum absolute atomic E-state index is 13.0. The second-order valence-electron chi connectivity index (χ2n) is 9.47. The fourth-order valence-corrected chi connectivity index (χ4v) is 6.66. The van der Waals surface area contributed by atoms with E-state index in [2.05, 4.69) is 0 Å². The van der Waals surface area contributed by atoms with E-state index in [9.17, 15) is 18.0 Å². The third-order valence-corrected chi connectivity index (χ3v) is 8.95. The average molecular weight is 591 g/mol. The number of benzene rings is 2. The maximum atomic E-state index is 13.0. The van der Waals surface area contributed by atoms with Gasteiger partial charge in [-0.05, 0) is 47.9 Å². The van der Waals surface area contributed by atoms with Crippen LogP contribution in [0.5, 0.6) is 0 Å². The summed E-state index contributed by atoms with van der Waals surface area (Å²) in [5.41, 5.74) is 6.80. The standard InChI is InChI=1S/C24H28ClN5O4S.2ClH/c1-27-12-22-24(32)30(15-29(22)14-27)19-6-8-28(9-7-19)23(31)21(26)13-35(33,34)20-5-3-16-10-18(25)4-2-17(16)11-20;;/h2-5,10-12,19,21H,6-9,13-15,26H2,1H3;2*1H/t21-;;/m1../s1. The summed E-state index contributed by atoms with van der Waals surface area (Å²) in [7, 11) is -1.83. The summed E-state index contributed by atoms with van der Waals surface area (Å²) in [6.07, 6.45) is 3.15. The number of halogens is 3. The largest absolute Gasteiger partial charge is 0.361 e. The number of nitrogens with zero attached hydrogens (tertiary/aromatic N) is 4. The molecule has 0 aromatic heterocycles. The van der Waals surface area contributed by atoms with Crippen molar-refractivity contribution in [3.8, 4) is 0 Å². The number of sulfone groups is 1. The fourth-order valence-electron chi connectivity index (χ4n) is 5.09. The molecule has 3 heterocycles. The Kier molecular flexibility index (Phi) is 8.91. The Morgan fingerprint density at radius 3 is 2.41 bits per heavy atom. The van der Waals surface area contributed by atoms with Crippen LogP contribution in [0.1, 0.15) is 12.8 Å². The molecule has 0 bridgehead atoms. The van der Waals surface area contributed by atoms with Crippen LogP contribution in [0.4, 0.5) is 0 Å². The van der Waals surface area contributed by atoms with Gasteiger partial charge in [-0.25, -0.2) is 8.42 Å². The molecule has 13 heteroatoms. The molecule has 2 saturated heterocycles. The van der Waals surface area contributed by atoms with Crippen LogP contribution in [0.25, 0.3) is 10.8 Å². The molecule has 2 aromatic carbocycles. The number of piperidine rings is 1. The maximum Gasteiger partial charge on any atom is 0.273 e. The first-order chi connectivity index (χ1) is 16.6. The summed E-state index contributed by atoms with van der Waals surface area (Å²) in [4.78, 5) is 33.4. The smallest absolute Gasteiger partial charge is 0.273 e. The van der Waals surface area contributed by atoms with E-state index in [0.717, 1.165) is 16.5 Å². The van der Waals surface area contributed by atoms with Crippen molar-refractivity contribution in [2.45, 2.75) is 29.8 Å². The molecule has 9 nitrogen and oxygen atoms in total. The Balaban J connectivity index is 0.00000190. The number of fused-ring (bicyclic) bond motifs is 2. The van der Waals surface area contributed by atoms with Crippen LogP contribution in [0.2, 0.25) is 5.02 Å². The van der Waals surface area contributed by atoms with Gasteiger partial charge < -0.3 is 25.3 Å². The second-order valence-corrected chi connectivity index (χ2v) is 11.9. The molecule has 2 N–H and O–H groups in total. The lowest BCUT2D eigenvalue weighted by molar-refractivity contribution is -0.134. The number of carbonyl (C=O) groups excluding carboxylic acids is 2. The molecule has 1 atom stereocenters. The van der Waals surface area contributed by atoms with Crippen molar-refractivity contribution in [1.29, 1.82) is 0 Å². The van der Waals surface area contributed by atoms with Crippen molar-refractivity contribution in [2.75, 3.05) is 39.2 Å². The van der Waals surface area contributed by atoms with E-state index in [1.54, 1.807) is 35.2 Å². The highest BCUT2D eigenvalue weighted by Crippen LogP contribution is 2.29. The van der Waals surface area contributed by atoms with Crippen LogP contribution >= 0.6 is 36.4 Å². The zero-order chi connectivity index (χ0) is 24.9. The zero-order valence-electron chi connectivity index (χ0n) is 20.2. The normalized spacial score (nSPS) is 18.9. The highest BCUT2D eigenvalue weighted by atomic mass is 35.5. The molecule has 202 valence electrons. The van der Waals surface area contributed by atoms with Crippen molar-refractivity contribution in [1.82, 2.24) is 19.6 Å². The molecular formula is C24H30Cl3N5O4S. The molecule has 5 rings (SSSR count). The Morgan fingerprint density at radius 1 is 1.08 bits per heavy atom. The summed E-state index contributed by atoms with van der Waals surface area (Å²) in [6.45, 7) is 2.14. The molecule has 0 aliphatic carbocycles. The van der Waals surface area contributed by atoms with Gasteiger partial charge in [-0.1, -0.05) is 23.7 Å². The number of nitrogens with two attached hydrogens (primary N) is 1. The van der Waals surface area contributed by atoms with Crippen molar-refractivity contribution in [2.24, 2.45) is 5.73 Å². The van der Waals surface area contributed by atoms with Crippen molar-refractivity contribution < 1.29 is 18.0 Å². The van der Waals surface area contributed by atoms with Gasteiger partial charge in [0.2, 0.25) is 5.91 Å². The van der Waals surface area contributed by atoms with Gasteiger partial charge in [0.1, 0.15) is 5.70 Å². The molecule has 2 amide bonds. The van der Waals surface area contributed by atoms with Crippen molar-refractivity contribution in [3.05, 3.63) is 53.3 Å². The summed E-state index contributed by atoms with van der Waals surface area (Å²) < 4.78 is 26.0. The van der Waals surface area contributed by atoms with E-state index in [0.29, 0.717) is 44.3 Å². The van der Waals surface area contributed by atoms with Crippen LogP contribution in [0, 0.1) is 0 Å². The van der Waals surface area contributed by atoms with Gasteiger partial charge in [0.05, 0.1) is 30.0 Å². The first-order valence-corrected chi connectivity index (χ1v) is 13.6. The molecule has 2 aromatic rings. The minimum atomic E-state index is -3.76. The lowest BCUT2D eigenvalue weighted by atomic mass is 10.0. The molecule has 0 spiro atoms. The Hall–Kier alpha value is -2.24. The molecule has 0 radical (unpaired) electrons. The van der Waals surface area contributed by atoms with Gasteiger partial charge in [0, 0.05) is 37.4 Å². The van der Waals surface area contributed by atoms with Gasteiger partial charge in [0.25, 0.3) is 5.91 Å². The number of likely N-dealkylation sites (tertiary alicyclic amines) is 1. The number of hydrogen-bond donors (Lipinski definition) is 1. The van der Waals surface area contributed by atoms with E-state index in [4.69, 9.17) is 17.3 Å². The lowest BCUT2D eigenvalue weighted by Gasteiger charge is -2.37.